The van der Waals surface area contributed by atoms with Crippen LogP contribution in [-0.4, -0.2) is 24.0 Å². The predicted octanol–water partition coefficient (Wildman–Crippen LogP) is 1.30. The van der Waals surface area contributed by atoms with Crippen molar-refractivity contribution >= 4 is 11.9 Å². The molecule has 0 saturated heterocycles. The van der Waals surface area contributed by atoms with Crippen LogP contribution in [0.4, 0.5) is 9.18 Å². The fourth-order valence-electron chi connectivity index (χ4n) is 1.82. The lowest BCUT2D eigenvalue weighted by Gasteiger charge is -2.09. The second kappa shape index (κ2) is 8.47. The van der Waals surface area contributed by atoms with E-state index >= 15 is 0 Å². The Bertz CT molecular complexity index is 689. The molecule has 3 N–H and O–H groups in total. The van der Waals surface area contributed by atoms with E-state index in [0.717, 1.165) is 5.56 Å². The fourth-order valence-corrected chi connectivity index (χ4v) is 1.82. The highest BCUT2D eigenvalue weighted by atomic mass is 19.1. The van der Waals surface area contributed by atoms with Gasteiger partial charge in [-0.15, -0.1) is 0 Å². The first-order valence-electron chi connectivity index (χ1n) is 7.13. The molecule has 8 heteroatoms. The first kappa shape index (κ1) is 17.2. The average molecular weight is 332 g/mol. The summed E-state index contributed by atoms with van der Waals surface area (Å²) in [5.41, 5.74) is 5.93. The number of nitrogens with zero attached hydrogens (tertiary/aromatic N) is 1. The van der Waals surface area contributed by atoms with Crippen LogP contribution in [0.3, 0.4) is 0 Å². The molecule has 0 spiro atoms. The Balaban J connectivity index is 1.70. The van der Waals surface area contributed by atoms with Crippen molar-refractivity contribution in [2.75, 3.05) is 7.11 Å². The average Bonchev–Trinajstić information content (AvgIpc) is 2.60. The zero-order valence-corrected chi connectivity index (χ0v) is 13.0. The van der Waals surface area contributed by atoms with Gasteiger partial charge in [0.2, 0.25) is 11.8 Å². The first-order valence-corrected chi connectivity index (χ1v) is 7.13. The molecule has 24 heavy (non-hydrogen) atoms. The number of pyridine rings is 1. The molecule has 0 aliphatic carbocycles. The maximum Gasteiger partial charge on any atom is 0.333 e. The summed E-state index contributed by atoms with van der Waals surface area (Å²) in [7, 11) is 1.52. The van der Waals surface area contributed by atoms with E-state index < -0.39 is 11.9 Å². The minimum Gasteiger partial charge on any atom is -0.481 e. The maximum atomic E-state index is 12.8. The number of methoxy groups -OCH3 is 1. The largest absolute Gasteiger partial charge is 0.481 e. The van der Waals surface area contributed by atoms with Gasteiger partial charge in [-0.2, -0.15) is 0 Å². The van der Waals surface area contributed by atoms with E-state index in [2.05, 4.69) is 21.2 Å². The number of amides is 3. The molecule has 2 rings (SSSR count). The van der Waals surface area contributed by atoms with Crippen LogP contribution in [0.2, 0.25) is 0 Å². The van der Waals surface area contributed by atoms with E-state index in [1.807, 2.05) is 0 Å². The number of benzene rings is 1. The smallest absolute Gasteiger partial charge is 0.333 e. The topological polar surface area (TPSA) is 92.4 Å². The molecule has 0 fully saturated rings. The highest BCUT2D eigenvalue weighted by Gasteiger charge is 2.06. The van der Waals surface area contributed by atoms with Crippen molar-refractivity contribution < 1.29 is 18.7 Å². The molecule has 0 radical (unpaired) electrons. The van der Waals surface area contributed by atoms with E-state index in [1.165, 1.54) is 31.4 Å². The molecule has 2 aromatic rings. The summed E-state index contributed by atoms with van der Waals surface area (Å²) in [4.78, 5) is 27.3. The monoisotopic (exact) mass is 332 g/mol. The highest BCUT2D eigenvalue weighted by Crippen LogP contribution is 2.06. The number of carbonyl (C=O) groups excluding carboxylic acids is 2. The van der Waals surface area contributed by atoms with Gasteiger partial charge in [0, 0.05) is 18.8 Å². The van der Waals surface area contributed by atoms with Gasteiger partial charge in [0.25, 0.3) is 0 Å². The van der Waals surface area contributed by atoms with Crippen LogP contribution in [0, 0.1) is 5.82 Å². The summed E-state index contributed by atoms with van der Waals surface area (Å²) < 4.78 is 17.7. The van der Waals surface area contributed by atoms with E-state index in [1.54, 1.807) is 18.3 Å². The van der Waals surface area contributed by atoms with Crippen molar-refractivity contribution in [1.29, 1.82) is 0 Å². The zero-order chi connectivity index (χ0) is 17.4. The molecule has 1 aromatic heterocycles. The van der Waals surface area contributed by atoms with Crippen molar-refractivity contribution in [3.8, 4) is 5.88 Å². The summed E-state index contributed by atoms with van der Waals surface area (Å²) in [6.45, 7) is 0.247. The molecule has 1 heterocycles. The molecular formula is C16H17FN4O3. The van der Waals surface area contributed by atoms with Crippen LogP contribution >= 0.6 is 0 Å². The van der Waals surface area contributed by atoms with Crippen LogP contribution in [0.25, 0.3) is 0 Å². The highest BCUT2D eigenvalue weighted by molar-refractivity contribution is 5.82. The van der Waals surface area contributed by atoms with Crippen molar-refractivity contribution in [2.45, 2.75) is 13.0 Å². The molecule has 0 unspecified atom stereocenters. The van der Waals surface area contributed by atoms with Crippen LogP contribution in [0.1, 0.15) is 11.1 Å². The molecule has 0 bridgehead atoms. The van der Waals surface area contributed by atoms with Crippen molar-refractivity contribution in [3.63, 3.8) is 0 Å². The number of hydrogen-bond donors (Lipinski definition) is 3. The second-order valence-electron chi connectivity index (χ2n) is 4.87. The molecule has 1 aromatic carbocycles. The zero-order valence-electron chi connectivity index (χ0n) is 13.0. The lowest BCUT2D eigenvalue weighted by molar-refractivity contribution is -0.121. The Morgan fingerprint density at radius 1 is 1.08 bits per heavy atom. The number of ether oxygens (including phenoxy) is 1. The van der Waals surface area contributed by atoms with E-state index in [-0.39, 0.29) is 18.8 Å². The molecule has 0 aliphatic heterocycles. The predicted molar refractivity (Wildman–Crippen MR) is 84.4 cm³/mol. The maximum absolute atomic E-state index is 12.8. The number of urea groups is 1. The molecule has 0 saturated carbocycles. The van der Waals surface area contributed by atoms with Gasteiger partial charge in [-0.1, -0.05) is 18.2 Å². The standard InChI is InChI=1S/C16H17FN4O3/c1-24-15-7-4-12(9-18-15)10-19-16(23)21-20-14(22)8-11-2-5-13(17)6-3-11/h2-7,9H,8,10H2,1H3,(H,20,22)(H2,19,21,23). The lowest BCUT2D eigenvalue weighted by atomic mass is 10.1. The minimum absolute atomic E-state index is 0.0307. The van der Waals surface area contributed by atoms with Gasteiger partial charge in [-0.25, -0.2) is 19.6 Å². The minimum atomic E-state index is -0.557. The van der Waals surface area contributed by atoms with E-state index in [4.69, 9.17) is 4.74 Å². The van der Waals surface area contributed by atoms with Gasteiger partial charge >= 0.3 is 6.03 Å². The fraction of sp³-hybridized carbons (Fsp3) is 0.188. The van der Waals surface area contributed by atoms with E-state index in [0.29, 0.717) is 11.4 Å². The summed E-state index contributed by atoms with van der Waals surface area (Å²) in [6, 6.07) is 8.44. The van der Waals surface area contributed by atoms with Gasteiger partial charge in [0.05, 0.1) is 13.5 Å². The molecule has 126 valence electrons. The van der Waals surface area contributed by atoms with Crippen molar-refractivity contribution in [3.05, 3.63) is 59.5 Å². The van der Waals surface area contributed by atoms with Crippen LogP contribution < -0.4 is 20.9 Å². The Kier molecular flexibility index (Phi) is 6.07. The molecule has 3 amide bonds. The third-order valence-corrected chi connectivity index (χ3v) is 3.05. The van der Waals surface area contributed by atoms with Crippen molar-refractivity contribution in [2.24, 2.45) is 0 Å². The Labute approximate surface area is 138 Å². The number of aromatic nitrogens is 1. The number of nitrogens with one attached hydrogen (secondary N) is 3. The number of carbonyl (C=O) groups is 2. The SMILES string of the molecule is COc1ccc(CNC(=O)NNC(=O)Cc2ccc(F)cc2)cn1. The second-order valence-corrected chi connectivity index (χ2v) is 4.87. The quantitative estimate of drug-likeness (QED) is 0.720. The Morgan fingerprint density at radius 3 is 2.42 bits per heavy atom. The summed E-state index contributed by atoms with van der Waals surface area (Å²) in [5, 5.41) is 2.57. The normalized spacial score (nSPS) is 9.92. The third kappa shape index (κ3) is 5.56. The third-order valence-electron chi connectivity index (χ3n) is 3.05. The summed E-state index contributed by atoms with van der Waals surface area (Å²) in [5.74, 6) is -0.302. The van der Waals surface area contributed by atoms with Gasteiger partial charge in [-0.05, 0) is 23.3 Å². The number of halogens is 1. The van der Waals surface area contributed by atoms with E-state index in [9.17, 15) is 14.0 Å². The number of hydrogen-bond acceptors (Lipinski definition) is 4. The number of rotatable bonds is 5. The summed E-state index contributed by atoms with van der Waals surface area (Å²) >= 11 is 0. The Morgan fingerprint density at radius 2 is 1.79 bits per heavy atom. The first-order chi connectivity index (χ1) is 11.6. The van der Waals surface area contributed by atoms with Crippen LogP contribution in [-0.2, 0) is 17.8 Å². The molecule has 7 nitrogen and oxygen atoms in total. The molecule has 0 atom stereocenters. The number of hydrazine groups is 1. The van der Waals surface area contributed by atoms with Crippen LogP contribution in [0.5, 0.6) is 5.88 Å². The van der Waals surface area contributed by atoms with Gasteiger partial charge in [0.15, 0.2) is 0 Å². The van der Waals surface area contributed by atoms with Gasteiger partial charge in [0.1, 0.15) is 5.82 Å². The Hall–Kier alpha value is -3.16. The lowest BCUT2D eigenvalue weighted by Crippen LogP contribution is -2.47. The van der Waals surface area contributed by atoms with Gasteiger partial charge in [-0.3, -0.25) is 10.2 Å². The van der Waals surface area contributed by atoms with Gasteiger partial charge < -0.3 is 10.1 Å². The molecule has 0 aliphatic rings. The van der Waals surface area contributed by atoms with Crippen LogP contribution in [0.15, 0.2) is 42.6 Å². The van der Waals surface area contributed by atoms with Crippen molar-refractivity contribution in [1.82, 2.24) is 21.2 Å². The summed E-state index contributed by atoms with van der Waals surface area (Å²) in [6.07, 6.45) is 1.61. The molecular weight excluding hydrogens is 315 g/mol.